The summed E-state index contributed by atoms with van der Waals surface area (Å²) in [5.41, 5.74) is 1.21. The third kappa shape index (κ3) is 3.72. The van der Waals surface area contributed by atoms with Gasteiger partial charge in [-0.25, -0.2) is 0 Å². The topological polar surface area (TPSA) is 52.5 Å². The molecule has 0 spiro atoms. The molecule has 0 heterocycles. The van der Waals surface area contributed by atoms with Crippen LogP contribution in [-0.4, -0.2) is 28.9 Å². The van der Waals surface area contributed by atoms with Crippen molar-refractivity contribution in [3.63, 3.8) is 0 Å². The van der Waals surface area contributed by atoms with Gasteiger partial charge in [-0.15, -0.1) is 0 Å². The predicted molar refractivity (Wildman–Crippen MR) is 68.1 cm³/mol. The largest absolute Gasteiger partial charge is 0.508 e. The highest BCUT2D eigenvalue weighted by atomic mass is 16.3. The van der Waals surface area contributed by atoms with Crippen molar-refractivity contribution in [3.05, 3.63) is 29.8 Å². The fourth-order valence-electron chi connectivity index (χ4n) is 2.41. The molecule has 2 atom stereocenters. The number of phenolic OH excluding ortho intramolecular Hbond substituents is 1. The molecule has 1 aliphatic carbocycles. The van der Waals surface area contributed by atoms with Gasteiger partial charge in [-0.2, -0.15) is 0 Å². The molecule has 0 bridgehead atoms. The van der Waals surface area contributed by atoms with Crippen LogP contribution in [0.4, 0.5) is 0 Å². The van der Waals surface area contributed by atoms with Crippen LogP contribution in [0, 0.1) is 0 Å². The van der Waals surface area contributed by atoms with Crippen LogP contribution >= 0.6 is 0 Å². The fraction of sp³-hybridized carbons (Fsp3) is 0.571. The zero-order valence-corrected chi connectivity index (χ0v) is 10.1. The lowest BCUT2D eigenvalue weighted by Crippen LogP contribution is -2.42. The summed E-state index contributed by atoms with van der Waals surface area (Å²) in [6.07, 6.45) is 5.13. The van der Waals surface area contributed by atoms with Crippen molar-refractivity contribution in [1.82, 2.24) is 5.32 Å². The Labute approximate surface area is 102 Å². The Morgan fingerprint density at radius 3 is 2.53 bits per heavy atom. The van der Waals surface area contributed by atoms with Crippen LogP contribution in [0.25, 0.3) is 0 Å². The minimum atomic E-state index is -0.177. The van der Waals surface area contributed by atoms with Gasteiger partial charge in [0.2, 0.25) is 0 Å². The molecule has 0 saturated heterocycles. The SMILES string of the molecule is Oc1ccc(CCNC2CCCCC2O)cc1. The highest BCUT2D eigenvalue weighted by molar-refractivity contribution is 5.25. The predicted octanol–water partition coefficient (Wildman–Crippen LogP) is 1.83. The summed E-state index contributed by atoms with van der Waals surface area (Å²) in [6, 6.07) is 7.57. The number of aromatic hydroxyl groups is 1. The molecule has 3 N–H and O–H groups in total. The first-order valence-electron chi connectivity index (χ1n) is 6.45. The normalized spacial score (nSPS) is 24.8. The highest BCUT2D eigenvalue weighted by Gasteiger charge is 2.21. The monoisotopic (exact) mass is 235 g/mol. The summed E-state index contributed by atoms with van der Waals surface area (Å²) in [6.45, 7) is 0.881. The van der Waals surface area contributed by atoms with E-state index < -0.39 is 0 Å². The number of benzene rings is 1. The molecule has 0 radical (unpaired) electrons. The van der Waals surface area contributed by atoms with Gasteiger partial charge in [0.05, 0.1) is 6.10 Å². The number of nitrogens with one attached hydrogen (secondary N) is 1. The molecule has 0 aliphatic heterocycles. The Kier molecular flexibility index (Phi) is 4.40. The third-order valence-electron chi connectivity index (χ3n) is 3.49. The first kappa shape index (κ1) is 12.4. The van der Waals surface area contributed by atoms with E-state index in [1.54, 1.807) is 12.1 Å². The van der Waals surface area contributed by atoms with E-state index >= 15 is 0 Å². The molecule has 2 unspecified atom stereocenters. The van der Waals surface area contributed by atoms with Crippen LogP contribution in [0.3, 0.4) is 0 Å². The van der Waals surface area contributed by atoms with E-state index in [0.29, 0.717) is 5.75 Å². The van der Waals surface area contributed by atoms with Gasteiger partial charge in [0.15, 0.2) is 0 Å². The van der Waals surface area contributed by atoms with Crippen LogP contribution in [0.15, 0.2) is 24.3 Å². The zero-order valence-electron chi connectivity index (χ0n) is 10.1. The van der Waals surface area contributed by atoms with E-state index in [2.05, 4.69) is 5.32 Å². The summed E-state index contributed by atoms with van der Waals surface area (Å²) >= 11 is 0. The molecule has 1 aromatic rings. The minimum Gasteiger partial charge on any atom is -0.508 e. The lowest BCUT2D eigenvalue weighted by atomic mass is 9.92. The lowest BCUT2D eigenvalue weighted by Gasteiger charge is -2.28. The molecular weight excluding hydrogens is 214 g/mol. The summed E-state index contributed by atoms with van der Waals surface area (Å²) in [7, 11) is 0. The third-order valence-corrected chi connectivity index (χ3v) is 3.49. The molecule has 1 aliphatic rings. The van der Waals surface area contributed by atoms with Crippen molar-refractivity contribution >= 4 is 0 Å². The van der Waals surface area contributed by atoms with Crippen LogP contribution in [-0.2, 0) is 6.42 Å². The molecule has 3 nitrogen and oxygen atoms in total. The molecule has 17 heavy (non-hydrogen) atoms. The Balaban J connectivity index is 1.73. The van der Waals surface area contributed by atoms with E-state index in [-0.39, 0.29) is 12.1 Å². The van der Waals surface area contributed by atoms with E-state index in [0.717, 1.165) is 32.2 Å². The number of aliphatic hydroxyl groups excluding tert-OH is 1. The van der Waals surface area contributed by atoms with Crippen molar-refractivity contribution in [3.8, 4) is 5.75 Å². The molecule has 94 valence electrons. The quantitative estimate of drug-likeness (QED) is 0.746. The van der Waals surface area contributed by atoms with Crippen molar-refractivity contribution in [2.24, 2.45) is 0 Å². The second kappa shape index (κ2) is 6.03. The number of aliphatic hydroxyl groups is 1. The van der Waals surface area contributed by atoms with Gasteiger partial charge in [0.25, 0.3) is 0 Å². The molecule has 0 amide bonds. The van der Waals surface area contributed by atoms with Crippen molar-refractivity contribution in [2.75, 3.05) is 6.54 Å². The van der Waals surface area contributed by atoms with Crippen LogP contribution < -0.4 is 5.32 Å². The average molecular weight is 235 g/mol. The van der Waals surface area contributed by atoms with E-state index in [1.165, 1.54) is 12.0 Å². The molecule has 1 aromatic carbocycles. The zero-order chi connectivity index (χ0) is 12.1. The molecular formula is C14H21NO2. The maximum absolute atomic E-state index is 9.81. The Morgan fingerprint density at radius 1 is 1.12 bits per heavy atom. The fourth-order valence-corrected chi connectivity index (χ4v) is 2.41. The van der Waals surface area contributed by atoms with Gasteiger partial charge in [-0.3, -0.25) is 0 Å². The van der Waals surface area contributed by atoms with E-state index in [1.807, 2.05) is 12.1 Å². The maximum atomic E-state index is 9.81. The second-order valence-corrected chi connectivity index (χ2v) is 4.83. The second-order valence-electron chi connectivity index (χ2n) is 4.83. The standard InChI is InChI=1S/C14H21NO2/c16-12-7-5-11(6-8-12)9-10-15-13-3-1-2-4-14(13)17/h5-8,13-17H,1-4,9-10H2. The van der Waals surface area contributed by atoms with Gasteiger partial charge in [-0.05, 0) is 43.5 Å². The van der Waals surface area contributed by atoms with Crippen LogP contribution in [0.1, 0.15) is 31.2 Å². The van der Waals surface area contributed by atoms with Crippen molar-refractivity contribution < 1.29 is 10.2 Å². The van der Waals surface area contributed by atoms with Crippen molar-refractivity contribution in [1.29, 1.82) is 0 Å². The Hall–Kier alpha value is -1.06. The minimum absolute atomic E-state index is 0.177. The first-order valence-corrected chi connectivity index (χ1v) is 6.45. The van der Waals surface area contributed by atoms with E-state index in [9.17, 15) is 10.2 Å². The van der Waals surface area contributed by atoms with Gasteiger partial charge in [-0.1, -0.05) is 25.0 Å². The highest BCUT2D eigenvalue weighted by Crippen LogP contribution is 2.18. The van der Waals surface area contributed by atoms with Crippen LogP contribution in [0.5, 0.6) is 5.75 Å². The Bertz CT molecular complexity index is 337. The van der Waals surface area contributed by atoms with Gasteiger partial charge in [0, 0.05) is 6.04 Å². The van der Waals surface area contributed by atoms with Crippen molar-refractivity contribution in [2.45, 2.75) is 44.2 Å². The van der Waals surface area contributed by atoms with Gasteiger partial charge >= 0.3 is 0 Å². The first-order chi connectivity index (χ1) is 8.25. The molecule has 2 rings (SSSR count). The number of hydrogen-bond donors (Lipinski definition) is 3. The average Bonchev–Trinajstić information content (AvgIpc) is 2.34. The summed E-state index contributed by atoms with van der Waals surface area (Å²) in [5, 5.41) is 22.4. The Morgan fingerprint density at radius 2 is 1.82 bits per heavy atom. The smallest absolute Gasteiger partial charge is 0.115 e. The van der Waals surface area contributed by atoms with Gasteiger partial charge in [0.1, 0.15) is 5.75 Å². The maximum Gasteiger partial charge on any atom is 0.115 e. The number of rotatable bonds is 4. The number of phenols is 1. The molecule has 1 saturated carbocycles. The summed E-state index contributed by atoms with van der Waals surface area (Å²) < 4.78 is 0. The van der Waals surface area contributed by atoms with Gasteiger partial charge < -0.3 is 15.5 Å². The summed E-state index contributed by atoms with van der Waals surface area (Å²) in [4.78, 5) is 0. The molecule has 3 heteroatoms. The molecule has 1 fully saturated rings. The summed E-state index contributed by atoms with van der Waals surface area (Å²) in [5.74, 6) is 0.310. The van der Waals surface area contributed by atoms with E-state index in [4.69, 9.17) is 0 Å². The van der Waals surface area contributed by atoms with Crippen LogP contribution in [0.2, 0.25) is 0 Å². The number of hydrogen-bond acceptors (Lipinski definition) is 3. The molecule has 0 aromatic heterocycles. The lowest BCUT2D eigenvalue weighted by molar-refractivity contribution is 0.0914.